The lowest BCUT2D eigenvalue weighted by Gasteiger charge is -2.33. The maximum atomic E-state index is 13.5. The molecule has 0 bridgehead atoms. The molecule has 22 heavy (non-hydrogen) atoms. The van der Waals surface area contributed by atoms with Crippen LogP contribution in [0.15, 0.2) is 24.3 Å². The summed E-state index contributed by atoms with van der Waals surface area (Å²) in [5.74, 6) is -0.218. The van der Waals surface area contributed by atoms with Gasteiger partial charge in [0.1, 0.15) is 5.82 Å². The molecule has 122 valence electrons. The summed E-state index contributed by atoms with van der Waals surface area (Å²) in [6.07, 6.45) is 5.71. The lowest BCUT2D eigenvalue weighted by Crippen LogP contribution is -2.39. The Hall–Kier alpha value is -1.42. The molecule has 0 radical (unpaired) electrons. The van der Waals surface area contributed by atoms with Gasteiger partial charge in [0, 0.05) is 25.6 Å². The van der Waals surface area contributed by atoms with Gasteiger partial charge in [0.15, 0.2) is 0 Å². The third-order valence-electron chi connectivity index (χ3n) is 4.46. The van der Waals surface area contributed by atoms with Crippen molar-refractivity contribution in [3.8, 4) is 0 Å². The van der Waals surface area contributed by atoms with Crippen molar-refractivity contribution in [2.24, 2.45) is 0 Å². The number of carbonyl (C=O) groups is 1. The highest BCUT2D eigenvalue weighted by Crippen LogP contribution is 2.16. The number of benzene rings is 1. The van der Waals surface area contributed by atoms with E-state index >= 15 is 0 Å². The highest BCUT2D eigenvalue weighted by atomic mass is 19.1. The molecule has 1 heterocycles. The first-order chi connectivity index (χ1) is 10.7. The van der Waals surface area contributed by atoms with Crippen molar-refractivity contribution in [2.75, 3.05) is 19.6 Å². The van der Waals surface area contributed by atoms with Crippen molar-refractivity contribution in [3.05, 3.63) is 35.6 Å². The topological polar surface area (TPSA) is 32.3 Å². The molecule has 0 spiro atoms. The molecule has 1 atom stereocenters. The van der Waals surface area contributed by atoms with Crippen LogP contribution in [0, 0.1) is 5.82 Å². The molecular formula is C18H27FN2O. The van der Waals surface area contributed by atoms with Gasteiger partial charge < -0.3 is 10.2 Å². The van der Waals surface area contributed by atoms with E-state index in [2.05, 4.69) is 17.1 Å². The Morgan fingerprint density at radius 3 is 2.95 bits per heavy atom. The second-order valence-electron chi connectivity index (χ2n) is 6.18. The summed E-state index contributed by atoms with van der Waals surface area (Å²) >= 11 is 0. The molecule has 1 aromatic rings. The van der Waals surface area contributed by atoms with Crippen LogP contribution in [0.2, 0.25) is 0 Å². The lowest BCUT2D eigenvalue weighted by atomic mass is 10.0. The van der Waals surface area contributed by atoms with Gasteiger partial charge in [-0.05, 0) is 50.8 Å². The maximum absolute atomic E-state index is 13.5. The number of aryl methyl sites for hydroxylation is 1. The quantitative estimate of drug-likeness (QED) is 0.785. The average Bonchev–Trinajstić information content (AvgIpc) is 2.52. The number of rotatable bonds is 7. The van der Waals surface area contributed by atoms with E-state index in [9.17, 15) is 9.18 Å². The molecule has 0 aliphatic carbocycles. The molecule has 1 fully saturated rings. The van der Waals surface area contributed by atoms with Crippen LogP contribution >= 0.6 is 0 Å². The zero-order valence-electron chi connectivity index (χ0n) is 13.5. The third-order valence-corrected chi connectivity index (χ3v) is 4.46. The molecule has 0 saturated carbocycles. The van der Waals surface area contributed by atoms with Crippen LogP contribution in [-0.4, -0.2) is 36.5 Å². The molecular weight excluding hydrogens is 279 g/mol. The van der Waals surface area contributed by atoms with Gasteiger partial charge in [-0.3, -0.25) is 4.79 Å². The number of nitrogens with zero attached hydrogens (tertiary/aromatic N) is 1. The monoisotopic (exact) mass is 306 g/mol. The minimum atomic E-state index is -0.227. The Bertz CT molecular complexity index is 478. The van der Waals surface area contributed by atoms with Crippen LogP contribution in [0.3, 0.4) is 0 Å². The SMILES string of the molecule is CC1CCCCN1CCCNC(=O)CCc1ccccc1F. The van der Waals surface area contributed by atoms with Crippen LogP contribution in [0.4, 0.5) is 4.39 Å². The number of amides is 1. The van der Waals surface area contributed by atoms with E-state index in [0.717, 1.165) is 13.0 Å². The van der Waals surface area contributed by atoms with E-state index in [4.69, 9.17) is 0 Å². The van der Waals surface area contributed by atoms with Crippen LogP contribution in [-0.2, 0) is 11.2 Å². The first-order valence-electron chi connectivity index (χ1n) is 8.41. The Morgan fingerprint density at radius 2 is 2.18 bits per heavy atom. The van der Waals surface area contributed by atoms with E-state index in [1.165, 1.54) is 31.9 Å². The maximum Gasteiger partial charge on any atom is 0.220 e. The van der Waals surface area contributed by atoms with Crippen molar-refractivity contribution >= 4 is 5.91 Å². The van der Waals surface area contributed by atoms with Crippen LogP contribution in [0.5, 0.6) is 0 Å². The molecule has 1 aromatic carbocycles. The lowest BCUT2D eigenvalue weighted by molar-refractivity contribution is -0.121. The number of likely N-dealkylation sites (tertiary alicyclic amines) is 1. The zero-order chi connectivity index (χ0) is 15.8. The first kappa shape index (κ1) is 16.9. The van der Waals surface area contributed by atoms with Crippen molar-refractivity contribution in [1.82, 2.24) is 10.2 Å². The minimum absolute atomic E-state index is 0.00921. The predicted octanol–water partition coefficient (Wildman–Crippen LogP) is 3.14. The smallest absolute Gasteiger partial charge is 0.220 e. The molecule has 0 aromatic heterocycles. The Kier molecular flexibility index (Phi) is 6.84. The van der Waals surface area contributed by atoms with E-state index in [1.54, 1.807) is 18.2 Å². The zero-order valence-corrected chi connectivity index (χ0v) is 13.5. The average molecular weight is 306 g/mol. The normalized spacial score (nSPS) is 19.1. The van der Waals surface area contributed by atoms with Gasteiger partial charge in [-0.1, -0.05) is 24.6 Å². The fraction of sp³-hybridized carbons (Fsp3) is 0.611. The molecule has 1 N–H and O–H groups in total. The highest BCUT2D eigenvalue weighted by molar-refractivity contribution is 5.76. The number of nitrogens with one attached hydrogen (secondary N) is 1. The van der Waals surface area contributed by atoms with Gasteiger partial charge in [0.05, 0.1) is 0 Å². The van der Waals surface area contributed by atoms with Gasteiger partial charge in [-0.2, -0.15) is 0 Å². The minimum Gasteiger partial charge on any atom is -0.356 e. The van der Waals surface area contributed by atoms with Crippen LogP contribution < -0.4 is 5.32 Å². The van der Waals surface area contributed by atoms with Gasteiger partial charge in [0.25, 0.3) is 0 Å². The van der Waals surface area contributed by atoms with Crippen LogP contribution in [0.1, 0.15) is 44.6 Å². The van der Waals surface area contributed by atoms with E-state index in [1.807, 2.05) is 0 Å². The van der Waals surface area contributed by atoms with Gasteiger partial charge >= 0.3 is 0 Å². The summed E-state index contributed by atoms with van der Waals surface area (Å²) in [6, 6.07) is 7.31. The summed E-state index contributed by atoms with van der Waals surface area (Å²) in [4.78, 5) is 14.3. The number of hydrogen-bond acceptors (Lipinski definition) is 2. The van der Waals surface area contributed by atoms with Gasteiger partial charge in [0.2, 0.25) is 5.91 Å². The Labute approximate surface area is 132 Å². The molecule has 1 amide bonds. The summed E-state index contributed by atoms with van der Waals surface area (Å²) in [5, 5.41) is 2.94. The fourth-order valence-corrected chi connectivity index (χ4v) is 3.04. The Morgan fingerprint density at radius 1 is 1.36 bits per heavy atom. The standard InChI is InChI=1S/C18H27FN2O/c1-15-7-4-5-13-21(15)14-6-12-20-18(22)11-10-16-8-2-3-9-17(16)19/h2-3,8-9,15H,4-7,10-14H2,1H3,(H,20,22). The number of hydrogen-bond donors (Lipinski definition) is 1. The molecule has 4 heteroatoms. The van der Waals surface area contributed by atoms with Crippen molar-refractivity contribution < 1.29 is 9.18 Å². The van der Waals surface area contributed by atoms with Crippen molar-refractivity contribution in [2.45, 2.75) is 51.5 Å². The highest BCUT2D eigenvalue weighted by Gasteiger charge is 2.17. The van der Waals surface area contributed by atoms with Crippen molar-refractivity contribution in [3.63, 3.8) is 0 Å². The predicted molar refractivity (Wildman–Crippen MR) is 87.2 cm³/mol. The molecule has 1 saturated heterocycles. The molecule has 1 aliphatic rings. The van der Waals surface area contributed by atoms with Gasteiger partial charge in [-0.25, -0.2) is 4.39 Å². The summed E-state index contributed by atoms with van der Waals surface area (Å²) in [7, 11) is 0. The summed E-state index contributed by atoms with van der Waals surface area (Å²) < 4.78 is 13.5. The number of carbonyl (C=O) groups excluding carboxylic acids is 1. The number of halogens is 1. The second-order valence-corrected chi connectivity index (χ2v) is 6.18. The van der Waals surface area contributed by atoms with Crippen molar-refractivity contribution in [1.29, 1.82) is 0 Å². The first-order valence-corrected chi connectivity index (χ1v) is 8.41. The molecule has 3 nitrogen and oxygen atoms in total. The van der Waals surface area contributed by atoms with E-state index in [-0.39, 0.29) is 11.7 Å². The van der Waals surface area contributed by atoms with Crippen LogP contribution in [0.25, 0.3) is 0 Å². The van der Waals surface area contributed by atoms with E-state index in [0.29, 0.717) is 31.0 Å². The van der Waals surface area contributed by atoms with E-state index < -0.39 is 0 Å². The molecule has 1 aliphatic heterocycles. The number of piperidine rings is 1. The third kappa shape index (κ3) is 5.41. The summed E-state index contributed by atoms with van der Waals surface area (Å²) in [5.41, 5.74) is 0.611. The largest absolute Gasteiger partial charge is 0.356 e. The second kappa shape index (κ2) is 8.89. The molecule has 2 rings (SSSR count). The summed E-state index contributed by atoms with van der Waals surface area (Å²) in [6.45, 7) is 5.22. The Balaban J connectivity index is 1.59. The van der Waals surface area contributed by atoms with Gasteiger partial charge in [-0.15, -0.1) is 0 Å². The molecule has 1 unspecified atom stereocenters. The fourth-order valence-electron chi connectivity index (χ4n) is 3.04.